The summed E-state index contributed by atoms with van der Waals surface area (Å²) in [5.41, 5.74) is 1.37. The highest BCUT2D eigenvalue weighted by Crippen LogP contribution is 2.31. The zero-order valence-electron chi connectivity index (χ0n) is 9.58. The van der Waals surface area contributed by atoms with Crippen LogP contribution in [0.4, 0.5) is 5.69 Å². The zero-order chi connectivity index (χ0) is 12.5. The van der Waals surface area contributed by atoms with E-state index in [1.54, 1.807) is 17.0 Å². The van der Waals surface area contributed by atoms with E-state index in [9.17, 15) is 9.00 Å². The molecule has 0 aliphatic carbocycles. The second-order valence-corrected chi connectivity index (χ2v) is 5.43. The third-order valence-corrected chi connectivity index (χ3v) is 4.24. The molecule has 1 amide bonds. The number of carbonyl (C=O) groups excluding carboxylic acids is 1. The van der Waals surface area contributed by atoms with Crippen molar-refractivity contribution in [2.24, 2.45) is 0 Å². The number of benzene rings is 2. The van der Waals surface area contributed by atoms with E-state index >= 15 is 0 Å². The molecule has 3 rings (SSSR count). The maximum Gasteiger partial charge on any atom is 0.259 e. The van der Waals surface area contributed by atoms with Gasteiger partial charge in [-0.25, -0.2) is 0 Å². The molecule has 0 N–H and O–H groups in total. The van der Waals surface area contributed by atoms with Crippen LogP contribution in [0.15, 0.2) is 59.5 Å². The van der Waals surface area contributed by atoms with Gasteiger partial charge < -0.3 is 0 Å². The van der Waals surface area contributed by atoms with E-state index < -0.39 is 10.8 Å². The van der Waals surface area contributed by atoms with Crippen LogP contribution in [0.3, 0.4) is 0 Å². The number of nitrogens with zero attached hydrogens (tertiary/aromatic N) is 1. The molecule has 18 heavy (non-hydrogen) atoms. The lowest BCUT2D eigenvalue weighted by Gasteiger charge is -2.15. The molecule has 1 unspecified atom stereocenters. The molecule has 0 saturated carbocycles. The lowest BCUT2D eigenvalue weighted by Crippen LogP contribution is -2.29. The van der Waals surface area contributed by atoms with Gasteiger partial charge in [-0.3, -0.25) is 13.9 Å². The molecule has 0 aromatic heterocycles. The number of anilines is 1. The molecule has 4 heteroatoms. The Morgan fingerprint density at radius 3 is 2.44 bits per heavy atom. The lowest BCUT2D eigenvalue weighted by atomic mass is 10.2. The monoisotopic (exact) mass is 257 g/mol. The van der Waals surface area contributed by atoms with Gasteiger partial charge in [-0.05, 0) is 24.3 Å². The Hall–Kier alpha value is -1.94. The van der Waals surface area contributed by atoms with Crippen LogP contribution in [0.2, 0.25) is 0 Å². The first-order valence-electron chi connectivity index (χ1n) is 5.62. The number of fused-ring (bicyclic) bond motifs is 1. The first-order chi connectivity index (χ1) is 8.77. The summed E-state index contributed by atoms with van der Waals surface area (Å²) >= 11 is 0. The van der Waals surface area contributed by atoms with Crippen molar-refractivity contribution >= 4 is 22.4 Å². The maximum atomic E-state index is 12.3. The third kappa shape index (κ3) is 1.75. The fraction of sp³-hybridized carbons (Fsp3) is 0.0714. The predicted octanol–water partition coefficient (Wildman–Crippen LogP) is 2.41. The van der Waals surface area contributed by atoms with Crippen molar-refractivity contribution in [1.82, 2.24) is 0 Å². The first-order valence-corrected chi connectivity index (χ1v) is 6.93. The highest BCUT2D eigenvalue weighted by molar-refractivity contribution is 7.85. The number of hydrogen-bond acceptors (Lipinski definition) is 2. The predicted molar refractivity (Wildman–Crippen MR) is 71.0 cm³/mol. The van der Waals surface area contributed by atoms with E-state index in [0.29, 0.717) is 5.56 Å². The fourth-order valence-corrected chi connectivity index (χ4v) is 3.31. The van der Waals surface area contributed by atoms with E-state index in [1.165, 1.54) is 0 Å². The van der Waals surface area contributed by atoms with E-state index in [1.807, 2.05) is 42.5 Å². The molecule has 2 aromatic carbocycles. The smallest absolute Gasteiger partial charge is 0.259 e. The van der Waals surface area contributed by atoms with Gasteiger partial charge in [0.2, 0.25) is 0 Å². The first kappa shape index (κ1) is 11.2. The molecule has 1 aliphatic heterocycles. The van der Waals surface area contributed by atoms with Crippen LogP contribution in [0.5, 0.6) is 0 Å². The summed E-state index contributed by atoms with van der Waals surface area (Å²) in [6, 6.07) is 16.4. The minimum absolute atomic E-state index is 0.103. The van der Waals surface area contributed by atoms with Crippen LogP contribution in [-0.4, -0.2) is 16.0 Å². The molecule has 0 spiro atoms. The Morgan fingerprint density at radius 1 is 1.00 bits per heavy atom. The normalized spacial score (nSPS) is 17.6. The Kier molecular flexibility index (Phi) is 2.72. The molecule has 90 valence electrons. The largest absolute Gasteiger partial charge is 0.294 e. The Morgan fingerprint density at radius 2 is 1.67 bits per heavy atom. The number of amides is 1. The molecule has 0 bridgehead atoms. The summed E-state index contributed by atoms with van der Waals surface area (Å²) in [5, 5.41) is 0. The number of para-hydroxylation sites is 1. The Bertz CT molecular complexity index is 625. The summed E-state index contributed by atoms with van der Waals surface area (Å²) in [7, 11) is -1.12. The van der Waals surface area contributed by atoms with Crippen LogP contribution >= 0.6 is 0 Å². The van der Waals surface area contributed by atoms with Gasteiger partial charge in [0.25, 0.3) is 5.91 Å². The standard InChI is InChI=1S/C14H11NO2S/c16-14(11-6-2-1-3-7-11)15-10-18(17)13-9-5-4-8-12(13)15/h1-9H,10H2. The molecule has 1 aliphatic rings. The third-order valence-electron chi connectivity index (χ3n) is 2.91. The average Bonchev–Trinajstić information content (AvgIpc) is 2.77. The fourth-order valence-electron chi connectivity index (χ4n) is 2.03. The molecule has 0 radical (unpaired) electrons. The van der Waals surface area contributed by atoms with Crippen molar-refractivity contribution in [2.45, 2.75) is 4.90 Å². The van der Waals surface area contributed by atoms with Crippen LogP contribution in [0.1, 0.15) is 10.4 Å². The van der Waals surface area contributed by atoms with Gasteiger partial charge in [-0.15, -0.1) is 0 Å². The summed E-state index contributed by atoms with van der Waals surface area (Å²) in [6.07, 6.45) is 0. The number of hydrogen-bond donors (Lipinski definition) is 0. The van der Waals surface area contributed by atoms with Gasteiger partial charge in [-0.1, -0.05) is 30.3 Å². The molecule has 1 heterocycles. The van der Waals surface area contributed by atoms with Crippen molar-refractivity contribution in [3.05, 3.63) is 60.2 Å². The Labute approximate surface area is 108 Å². The van der Waals surface area contributed by atoms with Gasteiger partial charge in [0.1, 0.15) is 5.88 Å². The lowest BCUT2D eigenvalue weighted by molar-refractivity contribution is 0.0991. The highest BCUT2D eigenvalue weighted by atomic mass is 32.2. The van der Waals surface area contributed by atoms with Gasteiger partial charge in [0.15, 0.2) is 0 Å². The summed E-state index contributed by atoms with van der Waals surface area (Å²) in [4.78, 5) is 14.7. The minimum Gasteiger partial charge on any atom is -0.294 e. The van der Waals surface area contributed by atoms with Crippen molar-refractivity contribution in [1.29, 1.82) is 0 Å². The zero-order valence-corrected chi connectivity index (χ0v) is 10.4. The summed E-state index contributed by atoms with van der Waals surface area (Å²) in [5.74, 6) is 0.140. The number of rotatable bonds is 1. The van der Waals surface area contributed by atoms with Gasteiger partial charge >= 0.3 is 0 Å². The molecular weight excluding hydrogens is 246 g/mol. The second kappa shape index (κ2) is 4.38. The van der Waals surface area contributed by atoms with E-state index in [4.69, 9.17) is 0 Å². The van der Waals surface area contributed by atoms with Crippen LogP contribution in [0, 0.1) is 0 Å². The van der Waals surface area contributed by atoms with Gasteiger partial charge in [-0.2, -0.15) is 0 Å². The SMILES string of the molecule is O=C(c1ccccc1)N1CS(=O)c2ccccc21. The van der Waals surface area contributed by atoms with E-state index in [-0.39, 0.29) is 11.8 Å². The van der Waals surface area contributed by atoms with Crippen molar-refractivity contribution in [3.8, 4) is 0 Å². The van der Waals surface area contributed by atoms with Crippen molar-refractivity contribution in [3.63, 3.8) is 0 Å². The summed E-state index contributed by atoms with van der Waals surface area (Å²) < 4.78 is 11.9. The molecule has 3 nitrogen and oxygen atoms in total. The Balaban J connectivity index is 2.01. The molecular formula is C14H11NO2S. The van der Waals surface area contributed by atoms with E-state index in [2.05, 4.69) is 0 Å². The quantitative estimate of drug-likeness (QED) is 0.786. The molecule has 2 aromatic rings. The number of carbonyl (C=O) groups is 1. The topological polar surface area (TPSA) is 37.4 Å². The molecule has 0 saturated heterocycles. The summed E-state index contributed by atoms with van der Waals surface area (Å²) in [6.45, 7) is 0. The molecule has 1 atom stereocenters. The minimum atomic E-state index is -1.12. The van der Waals surface area contributed by atoms with Crippen LogP contribution in [-0.2, 0) is 10.8 Å². The van der Waals surface area contributed by atoms with Gasteiger partial charge in [0, 0.05) is 5.56 Å². The average molecular weight is 257 g/mol. The highest BCUT2D eigenvalue weighted by Gasteiger charge is 2.29. The van der Waals surface area contributed by atoms with Gasteiger partial charge in [0.05, 0.1) is 21.4 Å². The van der Waals surface area contributed by atoms with Crippen molar-refractivity contribution < 1.29 is 9.00 Å². The maximum absolute atomic E-state index is 12.3. The second-order valence-electron chi connectivity index (χ2n) is 4.04. The van der Waals surface area contributed by atoms with Crippen LogP contribution in [0.25, 0.3) is 0 Å². The van der Waals surface area contributed by atoms with Crippen molar-refractivity contribution in [2.75, 3.05) is 10.8 Å². The van der Waals surface area contributed by atoms with E-state index in [0.717, 1.165) is 10.6 Å². The van der Waals surface area contributed by atoms with Crippen LogP contribution < -0.4 is 4.90 Å². The molecule has 0 fully saturated rings.